The molecule has 31 heavy (non-hydrogen) atoms. The molecule has 1 aliphatic rings. The molecular formula is C19H23N3O7S2. The number of phenols is 1. The number of nitrogens with zero attached hydrogens (tertiary/aromatic N) is 2. The average molecular weight is 470 g/mol. The van der Waals surface area contributed by atoms with Crippen molar-refractivity contribution in [1.82, 2.24) is 4.31 Å². The fourth-order valence-corrected chi connectivity index (χ4v) is 6.03. The highest BCUT2D eigenvalue weighted by atomic mass is 32.2. The molecule has 2 N–H and O–H groups in total. The van der Waals surface area contributed by atoms with Gasteiger partial charge in [0.25, 0.3) is 10.0 Å². The number of benzene rings is 2. The van der Waals surface area contributed by atoms with Gasteiger partial charge in [-0.25, -0.2) is 16.8 Å². The number of nitrogens with one attached hydrogen (secondary N) is 1. The van der Waals surface area contributed by atoms with Crippen molar-refractivity contribution in [2.24, 2.45) is 0 Å². The van der Waals surface area contributed by atoms with Crippen LogP contribution in [0.2, 0.25) is 0 Å². The lowest BCUT2D eigenvalue weighted by Gasteiger charge is -2.30. The Morgan fingerprint density at radius 1 is 1.00 bits per heavy atom. The summed E-state index contributed by atoms with van der Waals surface area (Å²) in [4.78, 5) is 9.67. The molecule has 0 heterocycles. The highest BCUT2D eigenvalue weighted by molar-refractivity contribution is 7.92. The van der Waals surface area contributed by atoms with Crippen molar-refractivity contribution in [2.75, 3.05) is 11.8 Å². The van der Waals surface area contributed by atoms with Crippen LogP contribution in [0, 0.1) is 10.1 Å². The number of sulfonamides is 2. The van der Waals surface area contributed by atoms with Crippen molar-refractivity contribution in [3.05, 3.63) is 52.6 Å². The number of aromatic hydroxyl groups is 1. The van der Waals surface area contributed by atoms with Crippen LogP contribution in [0.5, 0.6) is 5.75 Å². The first-order valence-corrected chi connectivity index (χ1v) is 12.5. The zero-order valence-corrected chi connectivity index (χ0v) is 18.4. The van der Waals surface area contributed by atoms with Crippen LogP contribution >= 0.6 is 0 Å². The maximum Gasteiger partial charge on any atom is 0.312 e. The minimum Gasteiger partial charge on any atom is -0.502 e. The summed E-state index contributed by atoms with van der Waals surface area (Å²) in [6.45, 7) is 0. The number of nitro groups is 1. The lowest BCUT2D eigenvalue weighted by Crippen LogP contribution is -2.38. The van der Waals surface area contributed by atoms with Crippen molar-refractivity contribution in [2.45, 2.75) is 47.9 Å². The molecule has 0 unspecified atom stereocenters. The van der Waals surface area contributed by atoms with Gasteiger partial charge in [-0.3, -0.25) is 14.8 Å². The molecule has 0 aliphatic heterocycles. The summed E-state index contributed by atoms with van der Waals surface area (Å²) in [7, 11) is -6.36. The molecule has 0 bridgehead atoms. The van der Waals surface area contributed by atoms with Crippen LogP contribution in [-0.2, 0) is 20.0 Å². The first-order chi connectivity index (χ1) is 14.5. The van der Waals surface area contributed by atoms with E-state index in [4.69, 9.17) is 0 Å². The number of rotatable bonds is 7. The van der Waals surface area contributed by atoms with Crippen LogP contribution in [0.3, 0.4) is 0 Å². The number of anilines is 1. The third kappa shape index (κ3) is 4.97. The summed E-state index contributed by atoms with van der Waals surface area (Å²) in [6, 6.07) is 7.89. The molecule has 0 radical (unpaired) electrons. The summed E-state index contributed by atoms with van der Waals surface area (Å²) in [5.74, 6) is -0.652. The number of phenolic OH excluding ortho intramolecular Hbond substituents is 1. The van der Waals surface area contributed by atoms with Crippen molar-refractivity contribution < 1.29 is 26.9 Å². The maximum atomic E-state index is 12.9. The van der Waals surface area contributed by atoms with Gasteiger partial charge in [0.2, 0.25) is 10.0 Å². The second-order valence-corrected chi connectivity index (χ2v) is 11.0. The second-order valence-electron chi connectivity index (χ2n) is 7.35. The zero-order valence-electron chi connectivity index (χ0n) is 16.8. The molecule has 3 rings (SSSR count). The standard InChI is InChI=1S/C19H23N3O7S2/c1-21(15-5-3-2-4-6-15)31(28,29)16-9-7-14(8-10-16)20-30(26,27)17-11-12-19(23)18(13-17)22(24)25/h7-13,15,20,23H,2-6H2,1H3. The fraction of sp³-hybridized carbons (Fsp3) is 0.368. The number of hydrogen-bond acceptors (Lipinski definition) is 7. The minimum absolute atomic E-state index is 0.0452. The van der Waals surface area contributed by atoms with Gasteiger partial charge < -0.3 is 5.11 Å². The van der Waals surface area contributed by atoms with E-state index < -0.39 is 41.3 Å². The molecule has 2 aromatic carbocycles. The molecule has 1 aliphatic carbocycles. The van der Waals surface area contributed by atoms with Crippen molar-refractivity contribution in [3.8, 4) is 5.75 Å². The highest BCUT2D eigenvalue weighted by Gasteiger charge is 2.29. The molecule has 0 saturated heterocycles. The smallest absolute Gasteiger partial charge is 0.312 e. The van der Waals surface area contributed by atoms with Gasteiger partial charge in [0.05, 0.1) is 14.7 Å². The van der Waals surface area contributed by atoms with Crippen LogP contribution in [-0.4, -0.2) is 44.3 Å². The molecule has 1 saturated carbocycles. The van der Waals surface area contributed by atoms with Gasteiger partial charge in [-0.1, -0.05) is 19.3 Å². The minimum atomic E-state index is -4.19. The molecule has 168 valence electrons. The second kappa shape index (κ2) is 8.81. The quantitative estimate of drug-likeness (QED) is 0.468. The largest absolute Gasteiger partial charge is 0.502 e. The Morgan fingerprint density at radius 3 is 2.16 bits per heavy atom. The lowest BCUT2D eigenvalue weighted by atomic mass is 9.96. The summed E-state index contributed by atoms with van der Waals surface area (Å²) >= 11 is 0. The Morgan fingerprint density at radius 2 is 1.58 bits per heavy atom. The molecule has 1 fully saturated rings. The zero-order chi connectivity index (χ0) is 22.8. The van der Waals surface area contributed by atoms with Gasteiger partial charge in [-0.15, -0.1) is 0 Å². The van der Waals surface area contributed by atoms with E-state index in [1.165, 1.54) is 28.6 Å². The molecule has 10 nitrogen and oxygen atoms in total. The molecule has 12 heteroatoms. The van der Waals surface area contributed by atoms with E-state index in [-0.39, 0.29) is 16.6 Å². The molecule has 2 aromatic rings. The van der Waals surface area contributed by atoms with Gasteiger partial charge in [-0.2, -0.15) is 4.31 Å². The number of hydrogen-bond donors (Lipinski definition) is 2. The Bertz CT molecular complexity index is 1170. The molecular weight excluding hydrogens is 446 g/mol. The summed E-state index contributed by atoms with van der Waals surface area (Å²) in [6.07, 6.45) is 4.70. The van der Waals surface area contributed by atoms with Crippen LogP contribution in [0.25, 0.3) is 0 Å². The van der Waals surface area contributed by atoms with Crippen LogP contribution in [0.15, 0.2) is 52.3 Å². The Balaban J connectivity index is 1.80. The predicted molar refractivity (Wildman–Crippen MR) is 114 cm³/mol. The van der Waals surface area contributed by atoms with Crippen molar-refractivity contribution in [1.29, 1.82) is 0 Å². The van der Waals surface area contributed by atoms with Gasteiger partial charge in [0, 0.05) is 24.8 Å². The third-order valence-electron chi connectivity index (χ3n) is 5.33. The van der Waals surface area contributed by atoms with E-state index in [9.17, 15) is 32.1 Å². The first-order valence-electron chi connectivity index (χ1n) is 9.61. The van der Waals surface area contributed by atoms with E-state index in [0.717, 1.165) is 50.3 Å². The van der Waals surface area contributed by atoms with Crippen LogP contribution in [0.1, 0.15) is 32.1 Å². The molecule has 0 aromatic heterocycles. The van der Waals surface area contributed by atoms with Crippen LogP contribution < -0.4 is 4.72 Å². The Kier molecular flexibility index (Phi) is 6.53. The van der Waals surface area contributed by atoms with Crippen molar-refractivity contribution in [3.63, 3.8) is 0 Å². The highest BCUT2D eigenvalue weighted by Crippen LogP contribution is 2.30. The van der Waals surface area contributed by atoms with E-state index in [1.54, 1.807) is 7.05 Å². The van der Waals surface area contributed by atoms with Gasteiger partial charge in [0.15, 0.2) is 5.75 Å². The predicted octanol–water partition coefficient (Wildman–Crippen LogP) is 3.05. The number of nitro benzene ring substituents is 1. The molecule has 0 amide bonds. The van der Waals surface area contributed by atoms with Gasteiger partial charge in [0.1, 0.15) is 0 Å². The Hall–Kier alpha value is -2.70. The van der Waals surface area contributed by atoms with E-state index in [0.29, 0.717) is 0 Å². The summed E-state index contributed by atoms with van der Waals surface area (Å²) in [5.41, 5.74) is -0.648. The topological polar surface area (TPSA) is 147 Å². The Labute approximate surface area is 180 Å². The van der Waals surface area contributed by atoms with E-state index in [2.05, 4.69) is 4.72 Å². The maximum absolute atomic E-state index is 12.9. The normalized spacial score (nSPS) is 15.7. The SMILES string of the molecule is CN(C1CCCCC1)S(=O)(=O)c1ccc(NS(=O)(=O)c2ccc(O)c([N+](=O)[O-])c2)cc1. The first kappa shape index (κ1) is 23.0. The molecule has 0 atom stereocenters. The van der Waals surface area contributed by atoms with Gasteiger partial charge >= 0.3 is 5.69 Å². The van der Waals surface area contributed by atoms with Gasteiger partial charge in [-0.05, 0) is 49.2 Å². The monoisotopic (exact) mass is 469 g/mol. The van der Waals surface area contributed by atoms with Crippen molar-refractivity contribution >= 4 is 31.4 Å². The molecule has 0 spiro atoms. The third-order valence-corrected chi connectivity index (χ3v) is 8.63. The summed E-state index contributed by atoms with van der Waals surface area (Å²) in [5, 5.41) is 20.4. The van der Waals surface area contributed by atoms with E-state index >= 15 is 0 Å². The summed E-state index contributed by atoms with van der Waals surface area (Å²) < 4.78 is 54.5. The lowest BCUT2D eigenvalue weighted by molar-refractivity contribution is -0.386. The average Bonchev–Trinajstić information content (AvgIpc) is 2.74. The van der Waals surface area contributed by atoms with Crippen LogP contribution in [0.4, 0.5) is 11.4 Å². The fourth-order valence-electron chi connectivity index (χ4n) is 3.53. The van der Waals surface area contributed by atoms with E-state index in [1.807, 2.05) is 0 Å².